The maximum absolute atomic E-state index is 11.2. The number of esters is 1. The molecular formula is C12H19NO2S. The van der Waals surface area contributed by atoms with Crippen LogP contribution in [0.15, 0.2) is 12.1 Å². The van der Waals surface area contributed by atoms with Gasteiger partial charge in [0, 0.05) is 16.3 Å². The summed E-state index contributed by atoms with van der Waals surface area (Å²) < 4.78 is 4.90. The van der Waals surface area contributed by atoms with Crippen molar-refractivity contribution >= 4 is 17.3 Å². The van der Waals surface area contributed by atoms with Gasteiger partial charge in [0.05, 0.1) is 13.2 Å². The molecule has 0 aromatic carbocycles. The third-order valence-electron chi connectivity index (χ3n) is 2.20. The number of ether oxygens (including phenoxy) is 1. The first kappa shape index (κ1) is 13.2. The average molecular weight is 241 g/mol. The van der Waals surface area contributed by atoms with E-state index >= 15 is 0 Å². The molecule has 0 saturated heterocycles. The Morgan fingerprint density at radius 2 is 2.06 bits per heavy atom. The topological polar surface area (TPSA) is 29.5 Å². The van der Waals surface area contributed by atoms with Crippen molar-refractivity contribution in [1.29, 1.82) is 0 Å². The van der Waals surface area contributed by atoms with Gasteiger partial charge >= 0.3 is 5.97 Å². The molecule has 0 atom stereocenters. The van der Waals surface area contributed by atoms with E-state index in [2.05, 4.69) is 19.1 Å². The van der Waals surface area contributed by atoms with Crippen molar-refractivity contribution in [2.24, 2.45) is 0 Å². The first-order valence-electron chi connectivity index (χ1n) is 5.57. The van der Waals surface area contributed by atoms with Gasteiger partial charge in [-0.15, -0.1) is 11.3 Å². The van der Waals surface area contributed by atoms with Gasteiger partial charge in [0.15, 0.2) is 0 Å². The fourth-order valence-electron chi connectivity index (χ4n) is 1.45. The molecule has 0 saturated carbocycles. The zero-order valence-electron chi connectivity index (χ0n) is 10.2. The molecule has 0 unspecified atom stereocenters. The molecule has 0 aliphatic heterocycles. The van der Waals surface area contributed by atoms with Gasteiger partial charge < -0.3 is 4.74 Å². The van der Waals surface area contributed by atoms with E-state index in [1.54, 1.807) is 0 Å². The Kier molecular flexibility index (Phi) is 5.49. The number of rotatable bonds is 6. The van der Waals surface area contributed by atoms with E-state index in [9.17, 15) is 4.79 Å². The lowest BCUT2D eigenvalue weighted by Crippen LogP contribution is -2.26. The zero-order valence-corrected chi connectivity index (χ0v) is 11.0. The second-order valence-corrected chi connectivity index (χ2v) is 4.95. The molecule has 0 bridgehead atoms. The Morgan fingerprint density at radius 1 is 1.38 bits per heavy atom. The molecule has 1 aromatic heterocycles. The minimum absolute atomic E-state index is 0.155. The van der Waals surface area contributed by atoms with Crippen LogP contribution in [0.2, 0.25) is 0 Å². The van der Waals surface area contributed by atoms with Crippen LogP contribution in [0.1, 0.15) is 23.6 Å². The van der Waals surface area contributed by atoms with Crippen LogP contribution in [0.25, 0.3) is 0 Å². The van der Waals surface area contributed by atoms with Crippen molar-refractivity contribution in [3.63, 3.8) is 0 Å². The lowest BCUT2D eigenvalue weighted by atomic mass is 10.3. The lowest BCUT2D eigenvalue weighted by molar-refractivity contribution is -0.144. The van der Waals surface area contributed by atoms with Gasteiger partial charge in [0.25, 0.3) is 0 Å². The molecule has 16 heavy (non-hydrogen) atoms. The highest BCUT2D eigenvalue weighted by Gasteiger charge is 2.08. The van der Waals surface area contributed by atoms with Crippen molar-refractivity contribution in [3.8, 4) is 0 Å². The van der Waals surface area contributed by atoms with E-state index in [4.69, 9.17) is 4.74 Å². The third-order valence-corrected chi connectivity index (χ3v) is 3.41. The predicted molar refractivity (Wildman–Crippen MR) is 66.7 cm³/mol. The molecule has 1 heterocycles. The first-order valence-corrected chi connectivity index (χ1v) is 6.39. The van der Waals surface area contributed by atoms with E-state index in [1.807, 2.05) is 30.2 Å². The number of carbonyl (C=O) groups is 1. The zero-order chi connectivity index (χ0) is 12.0. The summed E-state index contributed by atoms with van der Waals surface area (Å²) in [5.41, 5.74) is 0. The van der Waals surface area contributed by atoms with Crippen molar-refractivity contribution in [1.82, 2.24) is 4.90 Å². The van der Waals surface area contributed by atoms with Crippen LogP contribution in [0, 0.1) is 0 Å². The van der Waals surface area contributed by atoms with Crippen molar-refractivity contribution in [2.75, 3.05) is 20.2 Å². The molecule has 0 spiro atoms. The lowest BCUT2D eigenvalue weighted by Gasteiger charge is -2.14. The number of carbonyl (C=O) groups excluding carboxylic acids is 1. The van der Waals surface area contributed by atoms with Crippen molar-refractivity contribution in [3.05, 3.63) is 21.9 Å². The van der Waals surface area contributed by atoms with Gasteiger partial charge in [-0.1, -0.05) is 6.92 Å². The van der Waals surface area contributed by atoms with Crippen LogP contribution in [0.5, 0.6) is 0 Å². The summed E-state index contributed by atoms with van der Waals surface area (Å²) in [5.74, 6) is -0.155. The molecule has 90 valence electrons. The fraction of sp³-hybridized carbons (Fsp3) is 0.583. The molecule has 0 N–H and O–H groups in total. The minimum Gasteiger partial charge on any atom is -0.465 e. The summed E-state index contributed by atoms with van der Waals surface area (Å²) in [6.07, 6.45) is 1.08. The predicted octanol–water partition coefficient (Wildman–Crippen LogP) is 2.31. The molecule has 0 radical (unpaired) electrons. The standard InChI is InChI=1S/C12H19NO2S/c1-4-10-6-7-11(16-10)8-13(3)9-12(14)15-5-2/h6-7H,4-5,8-9H2,1-3H3. The molecular weight excluding hydrogens is 222 g/mol. The second-order valence-electron chi connectivity index (χ2n) is 3.70. The van der Waals surface area contributed by atoms with Crippen LogP contribution in [-0.4, -0.2) is 31.1 Å². The van der Waals surface area contributed by atoms with Gasteiger partial charge in [-0.25, -0.2) is 0 Å². The normalized spacial score (nSPS) is 10.8. The first-order chi connectivity index (χ1) is 7.65. The Hall–Kier alpha value is -0.870. The largest absolute Gasteiger partial charge is 0.465 e. The maximum Gasteiger partial charge on any atom is 0.320 e. The summed E-state index contributed by atoms with van der Waals surface area (Å²) in [6.45, 7) is 5.59. The molecule has 3 nitrogen and oxygen atoms in total. The monoisotopic (exact) mass is 241 g/mol. The van der Waals surface area contributed by atoms with Crippen LogP contribution >= 0.6 is 11.3 Å². The smallest absolute Gasteiger partial charge is 0.320 e. The summed E-state index contributed by atoms with van der Waals surface area (Å²) in [5, 5.41) is 0. The Labute approximate surface area is 101 Å². The van der Waals surface area contributed by atoms with E-state index in [0.717, 1.165) is 13.0 Å². The van der Waals surface area contributed by atoms with Gasteiger partial charge in [0.1, 0.15) is 0 Å². The highest BCUT2D eigenvalue weighted by molar-refractivity contribution is 7.11. The number of nitrogens with zero attached hydrogens (tertiary/aromatic N) is 1. The Balaban J connectivity index is 2.38. The van der Waals surface area contributed by atoms with Gasteiger partial charge in [-0.05, 0) is 32.5 Å². The molecule has 1 rings (SSSR count). The summed E-state index contributed by atoms with van der Waals surface area (Å²) in [4.78, 5) is 15.9. The van der Waals surface area contributed by atoms with Crippen LogP contribution in [0.4, 0.5) is 0 Å². The number of likely N-dealkylation sites (N-methyl/N-ethyl adjacent to an activating group) is 1. The molecule has 0 fully saturated rings. The van der Waals surface area contributed by atoms with E-state index in [1.165, 1.54) is 9.75 Å². The maximum atomic E-state index is 11.2. The summed E-state index contributed by atoms with van der Waals surface area (Å²) in [6, 6.07) is 4.28. The van der Waals surface area contributed by atoms with Crippen LogP contribution in [0.3, 0.4) is 0 Å². The van der Waals surface area contributed by atoms with Crippen molar-refractivity contribution < 1.29 is 9.53 Å². The van der Waals surface area contributed by atoms with Crippen molar-refractivity contribution in [2.45, 2.75) is 26.8 Å². The van der Waals surface area contributed by atoms with Gasteiger partial charge in [-0.2, -0.15) is 0 Å². The van der Waals surface area contributed by atoms with Crippen LogP contribution in [-0.2, 0) is 22.5 Å². The number of thiophene rings is 1. The fourth-order valence-corrected chi connectivity index (χ4v) is 2.48. The SMILES string of the molecule is CCOC(=O)CN(C)Cc1ccc(CC)s1. The van der Waals surface area contributed by atoms with Gasteiger partial charge in [0.2, 0.25) is 0 Å². The quantitative estimate of drug-likeness (QED) is 0.716. The van der Waals surface area contributed by atoms with E-state index in [0.29, 0.717) is 13.2 Å². The number of aryl methyl sites for hydroxylation is 1. The Morgan fingerprint density at radius 3 is 2.62 bits per heavy atom. The molecule has 4 heteroatoms. The third kappa shape index (κ3) is 4.33. The highest BCUT2D eigenvalue weighted by Crippen LogP contribution is 2.18. The molecule has 0 amide bonds. The minimum atomic E-state index is -0.155. The number of hydrogen-bond acceptors (Lipinski definition) is 4. The van der Waals surface area contributed by atoms with Crippen LogP contribution < -0.4 is 0 Å². The molecule has 0 aliphatic carbocycles. The Bertz CT molecular complexity index is 336. The summed E-state index contributed by atoms with van der Waals surface area (Å²) in [7, 11) is 1.93. The average Bonchev–Trinajstić information content (AvgIpc) is 2.65. The highest BCUT2D eigenvalue weighted by atomic mass is 32.1. The second kappa shape index (κ2) is 6.66. The molecule has 0 aliphatic rings. The van der Waals surface area contributed by atoms with E-state index in [-0.39, 0.29) is 5.97 Å². The molecule has 1 aromatic rings. The van der Waals surface area contributed by atoms with E-state index < -0.39 is 0 Å². The summed E-state index contributed by atoms with van der Waals surface area (Å²) >= 11 is 1.81. The van der Waals surface area contributed by atoms with Gasteiger partial charge in [-0.3, -0.25) is 9.69 Å². The number of hydrogen-bond donors (Lipinski definition) is 0.